The molecule has 1 aliphatic rings. The maximum atomic E-state index is 12.1. The van der Waals surface area contributed by atoms with Crippen molar-refractivity contribution >= 4 is 18.2 Å². The molecule has 1 fully saturated rings. The second kappa shape index (κ2) is 6.02. The molecule has 0 amide bonds. The average Bonchev–Trinajstić information content (AvgIpc) is 2.82. The fraction of sp³-hybridized carbons (Fsp3) is 0.462. The van der Waals surface area contributed by atoms with Gasteiger partial charge in [-0.2, -0.15) is 0 Å². The van der Waals surface area contributed by atoms with Crippen molar-refractivity contribution in [3.05, 3.63) is 35.9 Å². The van der Waals surface area contributed by atoms with Gasteiger partial charge >= 0.3 is 0 Å². The number of Topliss-reactive ketones (excluding diaryl/α,β-unsaturated/α-hetero) is 1. The van der Waals surface area contributed by atoms with Crippen molar-refractivity contribution in [1.29, 1.82) is 0 Å². The molecular formula is C13H18ClNO. The molecule has 1 atom stereocenters. The summed E-state index contributed by atoms with van der Waals surface area (Å²) in [4.78, 5) is 14.4. The molecule has 88 valence electrons. The summed E-state index contributed by atoms with van der Waals surface area (Å²) in [6, 6.07) is 9.62. The number of carbonyl (C=O) groups excluding carboxylic acids is 1. The molecule has 0 unspecified atom stereocenters. The number of likely N-dealkylation sites (tertiary alicyclic amines) is 1. The van der Waals surface area contributed by atoms with Crippen LogP contribution in [0.5, 0.6) is 0 Å². The highest BCUT2D eigenvalue weighted by Crippen LogP contribution is 2.15. The fourth-order valence-corrected chi connectivity index (χ4v) is 2.14. The largest absolute Gasteiger partial charge is 0.294 e. The van der Waals surface area contributed by atoms with Crippen LogP contribution >= 0.6 is 12.4 Å². The summed E-state index contributed by atoms with van der Waals surface area (Å²) in [5.74, 6) is 0.248. The number of benzene rings is 1. The van der Waals surface area contributed by atoms with Crippen LogP contribution < -0.4 is 0 Å². The van der Waals surface area contributed by atoms with Crippen molar-refractivity contribution in [1.82, 2.24) is 4.90 Å². The molecule has 1 aromatic carbocycles. The van der Waals surface area contributed by atoms with Crippen LogP contribution in [0.4, 0.5) is 0 Å². The zero-order valence-corrected chi connectivity index (χ0v) is 10.4. The van der Waals surface area contributed by atoms with Crippen LogP contribution in [0, 0.1) is 0 Å². The van der Waals surface area contributed by atoms with Gasteiger partial charge in [-0.1, -0.05) is 30.3 Å². The standard InChI is InChI=1S/C13H17NO.ClH/c1-11(14-9-5-6-10-14)13(15)12-7-3-2-4-8-12;/h2-4,7-8,11H,5-6,9-10H2,1H3;1H/t11-;/m0./s1. The first kappa shape index (κ1) is 13.2. The summed E-state index contributed by atoms with van der Waals surface area (Å²) < 4.78 is 0. The van der Waals surface area contributed by atoms with E-state index in [2.05, 4.69) is 4.90 Å². The Labute approximate surface area is 103 Å². The number of carbonyl (C=O) groups is 1. The first-order valence-electron chi connectivity index (χ1n) is 5.62. The number of nitrogens with zero attached hydrogens (tertiary/aromatic N) is 1. The first-order chi connectivity index (χ1) is 7.29. The van der Waals surface area contributed by atoms with Gasteiger partial charge in [0.05, 0.1) is 6.04 Å². The predicted octanol–water partition coefficient (Wildman–Crippen LogP) is 2.78. The van der Waals surface area contributed by atoms with Crippen LogP contribution in [0.1, 0.15) is 30.1 Å². The minimum absolute atomic E-state index is 0. The Hall–Kier alpha value is -0.860. The van der Waals surface area contributed by atoms with Gasteiger partial charge in [-0.25, -0.2) is 0 Å². The summed E-state index contributed by atoms with van der Waals surface area (Å²) in [7, 11) is 0. The maximum Gasteiger partial charge on any atom is 0.179 e. The molecule has 0 spiro atoms. The zero-order valence-electron chi connectivity index (χ0n) is 9.56. The molecule has 0 aromatic heterocycles. The van der Waals surface area contributed by atoms with E-state index in [1.807, 2.05) is 37.3 Å². The van der Waals surface area contributed by atoms with Crippen LogP contribution in [-0.2, 0) is 0 Å². The Morgan fingerprint density at radius 3 is 2.31 bits per heavy atom. The van der Waals surface area contributed by atoms with Crippen molar-refractivity contribution in [2.24, 2.45) is 0 Å². The lowest BCUT2D eigenvalue weighted by Gasteiger charge is -2.22. The summed E-state index contributed by atoms with van der Waals surface area (Å²) >= 11 is 0. The molecule has 0 aliphatic carbocycles. The van der Waals surface area contributed by atoms with Crippen LogP contribution in [0.3, 0.4) is 0 Å². The third kappa shape index (κ3) is 2.83. The third-order valence-electron chi connectivity index (χ3n) is 3.13. The van der Waals surface area contributed by atoms with Crippen LogP contribution in [0.25, 0.3) is 0 Å². The lowest BCUT2D eigenvalue weighted by molar-refractivity contribution is 0.0867. The topological polar surface area (TPSA) is 20.3 Å². The SMILES string of the molecule is C[C@@H](C(=O)c1ccccc1)N1CCCC1.Cl. The molecule has 3 heteroatoms. The molecule has 1 saturated heterocycles. The van der Waals surface area contributed by atoms with Gasteiger partial charge in [-0.3, -0.25) is 9.69 Å². The fourth-order valence-electron chi connectivity index (χ4n) is 2.14. The Bertz CT molecular complexity index is 333. The molecule has 0 radical (unpaired) electrons. The highest BCUT2D eigenvalue weighted by atomic mass is 35.5. The van der Waals surface area contributed by atoms with Gasteiger partial charge in [0.15, 0.2) is 5.78 Å². The third-order valence-corrected chi connectivity index (χ3v) is 3.13. The second-order valence-corrected chi connectivity index (χ2v) is 4.15. The van der Waals surface area contributed by atoms with Gasteiger partial charge in [0.2, 0.25) is 0 Å². The van der Waals surface area contributed by atoms with E-state index in [1.165, 1.54) is 12.8 Å². The van der Waals surface area contributed by atoms with E-state index in [0.29, 0.717) is 0 Å². The van der Waals surface area contributed by atoms with Crippen LogP contribution in [0.2, 0.25) is 0 Å². The smallest absolute Gasteiger partial charge is 0.179 e. The Kier molecular flexibility index (Phi) is 4.97. The van der Waals surface area contributed by atoms with E-state index in [-0.39, 0.29) is 24.2 Å². The molecule has 1 aliphatic heterocycles. The molecule has 1 heterocycles. The van der Waals surface area contributed by atoms with Crippen LogP contribution in [0.15, 0.2) is 30.3 Å². The van der Waals surface area contributed by atoms with Crippen molar-refractivity contribution in [2.75, 3.05) is 13.1 Å². The molecule has 0 bridgehead atoms. The van der Waals surface area contributed by atoms with Crippen molar-refractivity contribution in [2.45, 2.75) is 25.8 Å². The first-order valence-corrected chi connectivity index (χ1v) is 5.62. The number of hydrogen-bond acceptors (Lipinski definition) is 2. The Morgan fingerprint density at radius 2 is 1.75 bits per heavy atom. The van der Waals surface area contributed by atoms with E-state index in [9.17, 15) is 4.79 Å². The van der Waals surface area contributed by atoms with Crippen molar-refractivity contribution in [3.63, 3.8) is 0 Å². The zero-order chi connectivity index (χ0) is 10.7. The maximum absolute atomic E-state index is 12.1. The summed E-state index contributed by atoms with van der Waals surface area (Å²) in [6.07, 6.45) is 2.46. The van der Waals surface area contributed by atoms with Gasteiger partial charge in [0.1, 0.15) is 0 Å². The Morgan fingerprint density at radius 1 is 1.19 bits per heavy atom. The lowest BCUT2D eigenvalue weighted by atomic mass is 10.0. The van der Waals surface area contributed by atoms with Crippen molar-refractivity contribution < 1.29 is 4.79 Å². The van der Waals surface area contributed by atoms with Gasteiger partial charge in [0, 0.05) is 5.56 Å². The van der Waals surface area contributed by atoms with Gasteiger partial charge < -0.3 is 0 Å². The second-order valence-electron chi connectivity index (χ2n) is 4.15. The summed E-state index contributed by atoms with van der Waals surface area (Å²) in [5.41, 5.74) is 0.830. The van der Waals surface area contributed by atoms with Gasteiger partial charge in [-0.15, -0.1) is 12.4 Å². The lowest BCUT2D eigenvalue weighted by Crippen LogP contribution is -2.36. The molecular weight excluding hydrogens is 222 g/mol. The number of halogens is 1. The highest BCUT2D eigenvalue weighted by Gasteiger charge is 2.24. The van der Waals surface area contributed by atoms with E-state index < -0.39 is 0 Å². The van der Waals surface area contributed by atoms with Gasteiger partial charge in [0.25, 0.3) is 0 Å². The molecule has 0 N–H and O–H groups in total. The average molecular weight is 240 g/mol. The van der Waals surface area contributed by atoms with Crippen molar-refractivity contribution in [3.8, 4) is 0 Å². The molecule has 0 saturated carbocycles. The normalized spacial score (nSPS) is 17.8. The van der Waals surface area contributed by atoms with Gasteiger partial charge in [-0.05, 0) is 32.9 Å². The minimum atomic E-state index is 0. The van der Waals surface area contributed by atoms with E-state index >= 15 is 0 Å². The van der Waals surface area contributed by atoms with E-state index in [4.69, 9.17) is 0 Å². The molecule has 1 aromatic rings. The number of rotatable bonds is 3. The Balaban J connectivity index is 0.00000128. The van der Waals surface area contributed by atoms with E-state index in [0.717, 1.165) is 18.7 Å². The minimum Gasteiger partial charge on any atom is -0.294 e. The predicted molar refractivity (Wildman–Crippen MR) is 68.3 cm³/mol. The monoisotopic (exact) mass is 239 g/mol. The van der Waals surface area contributed by atoms with Crippen LogP contribution in [-0.4, -0.2) is 29.8 Å². The van der Waals surface area contributed by atoms with E-state index in [1.54, 1.807) is 0 Å². The molecule has 16 heavy (non-hydrogen) atoms. The quantitative estimate of drug-likeness (QED) is 0.756. The molecule has 2 nitrogen and oxygen atoms in total. The molecule has 2 rings (SSSR count). The highest BCUT2D eigenvalue weighted by molar-refractivity contribution is 5.99. The summed E-state index contributed by atoms with van der Waals surface area (Å²) in [6.45, 7) is 4.15. The number of hydrogen-bond donors (Lipinski definition) is 0. The number of ketones is 1. The summed E-state index contributed by atoms with van der Waals surface area (Å²) in [5, 5.41) is 0.